The lowest BCUT2D eigenvalue weighted by Crippen LogP contribution is -2.54. The van der Waals surface area contributed by atoms with Crippen molar-refractivity contribution in [2.45, 2.75) is 39.2 Å². The predicted molar refractivity (Wildman–Crippen MR) is 92.5 cm³/mol. The van der Waals surface area contributed by atoms with Crippen LogP contribution in [0.5, 0.6) is 0 Å². The van der Waals surface area contributed by atoms with E-state index in [0.717, 1.165) is 29.9 Å². The number of benzene rings is 1. The van der Waals surface area contributed by atoms with Gasteiger partial charge in [-0.15, -0.1) is 0 Å². The van der Waals surface area contributed by atoms with Crippen LogP contribution in [0.3, 0.4) is 0 Å². The number of amides is 1. The number of rotatable bonds is 4. The first kappa shape index (κ1) is 16.0. The van der Waals surface area contributed by atoms with Crippen LogP contribution >= 0.6 is 0 Å². The van der Waals surface area contributed by atoms with Crippen molar-refractivity contribution in [3.05, 3.63) is 30.0 Å². The van der Waals surface area contributed by atoms with Gasteiger partial charge in [0.05, 0.1) is 5.52 Å². The number of carbonyl (C=O) groups is 1. The van der Waals surface area contributed by atoms with E-state index in [1.54, 1.807) is 0 Å². The van der Waals surface area contributed by atoms with Crippen molar-refractivity contribution >= 4 is 16.8 Å². The standard InChI is InChI=1S/C18H26N4O/c1-13-7-6-10-22(11-13)18(2,3)12-19-17(23)16-14-8-4-5-9-15(14)20-21-16/h4-5,8-9,13H,6-7,10-12H2,1-3H3,(H,19,23)(H,20,21). The maximum absolute atomic E-state index is 12.5. The summed E-state index contributed by atoms with van der Waals surface area (Å²) in [5.41, 5.74) is 1.32. The number of hydrogen-bond acceptors (Lipinski definition) is 3. The van der Waals surface area contributed by atoms with Gasteiger partial charge in [-0.1, -0.05) is 25.1 Å². The summed E-state index contributed by atoms with van der Waals surface area (Å²) < 4.78 is 0. The molecule has 2 N–H and O–H groups in total. The number of nitrogens with one attached hydrogen (secondary N) is 2. The number of carbonyl (C=O) groups excluding carboxylic acids is 1. The number of hydrogen-bond donors (Lipinski definition) is 2. The summed E-state index contributed by atoms with van der Waals surface area (Å²) in [4.78, 5) is 15.0. The Bertz CT molecular complexity index is 691. The largest absolute Gasteiger partial charge is 0.349 e. The van der Waals surface area contributed by atoms with Crippen LogP contribution in [0.1, 0.15) is 44.1 Å². The van der Waals surface area contributed by atoms with E-state index in [4.69, 9.17) is 0 Å². The third-order valence-corrected chi connectivity index (χ3v) is 4.88. The van der Waals surface area contributed by atoms with Crippen molar-refractivity contribution < 1.29 is 4.79 Å². The fourth-order valence-electron chi connectivity index (χ4n) is 3.37. The van der Waals surface area contributed by atoms with Crippen LogP contribution < -0.4 is 5.32 Å². The van der Waals surface area contributed by atoms with Crippen molar-refractivity contribution in [1.29, 1.82) is 0 Å². The average Bonchev–Trinajstić information content (AvgIpc) is 2.97. The summed E-state index contributed by atoms with van der Waals surface area (Å²) in [5, 5.41) is 11.0. The number of nitrogens with zero attached hydrogens (tertiary/aromatic N) is 2. The molecule has 5 nitrogen and oxygen atoms in total. The summed E-state index contributed by atoms with van der Waals surface area (Å²) in [7, 11) is 0. The molecule has 5 heteroatoms. The molecule has 2 aromatic rings. The molecule has 1 unspecified atom stereocenters. The number of likely N-dealkylation sites (tertiary alicyclic amines) is 1. The summed E-state index contributed by atoms with van der Waals surface area (Å²) in [6.07, 6.45) is 2.54. The van der Waals surface area contributed by atoms with Gasteiger partial charge >= 0.3 is 0 Å². The maximum Gasteiger partial charge on any atom is 0.272 e. The van der Waals surface area contributed by atoms with Crippen molar-refractivity contribution in [2.75, 3.05) is 19.6 Å². The van der Waals surface area contributed by atoms with Gasteiger partial charge in [0.25, 0.3) is 5.91 Å². The molecular formula is C18H26N4O. The highest BCUT2D eigenvalue weighted by molar-refractivity contribution is 6.04. The number of aromatic nitrogens is 2. The summed E-state index contributed by atoms with van der Waals surface area (Å²) >= 11 is 0. The summed E-state index contributed by atoms with van der Waals surface area (Å²) in [6, 6.07) is 7.71. The molecule has 1 saturated heterocycles. The second-order valence-electron chi connectivity index (χ2n) is 7.31. The smallest absolute Gasteiger partial charge is 0.272 e. The maximum atomic E-state index is 12.5. The lowest BCUT2D eigenvalue weighted by molar-refractivity contribution is 0.0656. The Hall–Kier alpha value is -1.88. The molecule has 1 amide bonds. The third-order valence-electron chi connectivity index (χ3n) is 4.88. The van der Waals surface area contributed by atoms with E-state index in [9.17, 15) is 4.79 Å². The minimum atomic E-state index is -0.111. The first-order valence-corrected chi connectivity index (χ1v) is 8.44. The highest BCUT2D eigenvalue weighted by Gasteiger charge is 2.30. The molecule has 2 heterocycles. The van der Waals surface area contributed by atoms with Crippen molar-refractivity contribution in [2.24, 2.45) is 5.92 Å². The molecule has 0 saturated carbocycles. The monoisotopic (exact) mass is 314 g/mol. The van der Waals surface area contributed by atoms with Gasteiger partial charge in [-0.2, -0.15) is 5.10 Å². The number of para-hydroxylation sites is 1. The molecule has 3 rings (SSSR count). The van der Waals surface area contributed by atoms with Gasteiger partial charge in [-0.05, 0) is 45.2 Å². The highest BCUT2D eigenvalue weighted by Crippen LogP contribution is 2.23. The second kappa shape index (κ2) is 6.32. The van der Waals surface area contributed by atoms with Crippen LogP contribution in [0.2, 0.25) is 0 Å². The molecule has 1 aromatic carbocycles. The Morgan fingerprint density at radius 1 is 1.43 bits per heavy atom. The van der Waals surface area contributed by atoms with Gasteiger partial charge in [-0.3, -0.25) is 14.8 Å². The van der Waals surface area contributed by atoms with Gasteiger partial charge in [0, 0.05) is 24.0 Å². The molecular weight excluding hydrogens is 288 g/mol. The molecule has 1 atom stereocenters. The van der Waals surface area contributed by atoms with Crippen LogP contribution in [-0.4, -0.2) is 46.2 Å². The fourth-order valence-corrected chi connectivity index (χ4v) is 3.37. The minimum Gasteiger partial charge on any atom is -0.349 e. The number of piperidine rings is 1. The first-order chi connectivity index (χ1) is 11.0. The van der Waals surface area contributed by atoms with E-state index in [2.05, 4.69) is 41.2 Å². The molecule has 1 aliphatic heterocycles. The van der Waals surface area contributed by atoms with E-state index < -0.39 is 0 Å². The van der Waals surface area contributed by atoms with Gasteiger partial charge in [0.1, 0.15) is 0 Å². The Morgan fingerprint density at radius 3 is 3.00 bits per heavy atom. The lowest BCUT2D eigenvalue weighted by atomic mass is 9.93. The van der Waals surface area contributed by atoms with Crippen molar-refractivity contribution in [1.82, 2.24) is 20.4 Å². The molecule has 1 fully saturated rings. The third kappa shape index (κ3) is 3.39. The Balaban J connectivity index is 1.66. The zero-order valence-corrected chi connectivity index (χ0v) is 14.2. The molecule has 23 heavy (non-hydrogen) atoms. The van der Waals surface area contributed by atoms with Crippen molar-refractivity contribution in [3.8, 4) is 0 Å². The van der Waals surface area contributed by atoms with Crippen LogP contribution in [0, 0.1) is 5.92 Å². The number of aromatic amines is 1. The van der Waals surface area contributed by atoms with Crippen molar-refractivity contribution in [3.63, 3.8) is 0 Å². The van der Waals surface area contributed by atoms with E-state index in [1.165, 1.54) is 12.8 Å². The average molecular weight is 314 g/mol. The summed E-state index contributed by atoms with van der Waals surface area (Å²) in [5.74, 6) is 0.620. The predicted octanol–water partition coefficient (Wildman–Crippen LogP) is 2.80. The topological polar surface area (TPSA) is 61.0 Å². The van der Waals surface area contributed by atoms with E-state index in [1.807, 2.05) is 24.3 Å². The number of fused-ring (bicyclic) bond motifs is 1. The van der Waals surface area contributed by atoms with Crippen LogP contribution in [0.15, 0.2) is 24.3 Å². The Labute approximate surface area is 137 Å². The van der Waals surface area contributed by atoms with Crippen LogP contribution in [0.4, 0.5) is 0 Å². The SMILES string of the molecule is CC1CCCN(C(C)(C)CNC(=O)c2n[nH]c3ccccc23)C1. The quantitative estimate of drug-likeness (QED) is 0.912. The molecule has 0 radical (unpaired) electrons. The van der Waals surface area contributed by atoms with E-state index in [-0.39, 0.29) is 11.4 Å². The number of H-pyrrole nitrogens is 1. The molecule has 124 valence electrons. The highest BCUT2D eigenvalue weighted by atomic mass is 16.1. The van der Waals surface area contributed by atoms with E-state index in [0.29, 0.717) is 12.2 Å². The molecule has 1 aliphatic rings. The molecule has 0 bridgehead atoms. The molecule has 1 aromatic heterocycles. The zero-order valence-electron chi connectivity index (χ0n) is 14.2. The van der Waals surface area contributed by atoms with Gasteiger partial charge in [0.15, 0.2) is 5.69 Å². The summed E-state index contributed by atoms with van der Waals surface area (Å²) in [6.45, 7) is 9.55. The zero-order chi connectivity index (χ0) is 16.4. The Morgan fingerprint density at radius 2 is 2.22 bits per heavy atom. The second-order valence-corrected chi connectivity index (χ2v) is 7.31. The van der Waals surface area contributed by atoms with E-state index >= 15 is 0 Å². The molecule has 0 aliphatic carbocycles. The fraction of sp³-hybridized carbons (Fsp3) is 0.556. The van der Waals surface area contributed by atoms with Gasteiger partial charge in [0.2, 0.25) is 0 Å². The van der Waals surface area contributed by atoms with Crippen LogP contribution in [-0.2, 0) is 0 Å². The van der Waals surface area contributed by atoms with Crippen LogP contribution in [0.25, 0.3) is 10.9 Å². The van der Waals surface area contributed by atoms with Gasteiger partial charge < -0.3 is 5.32 Å². The Kier molecular flexibility index (Phi) is 4.39. The molecule has 0 spiro atoms. The normalized spacial score (nSPS) is 19.9. The first-order valence-electron chi connectivity index (χ1n) is 8.44. The van der Waals surface area contributed by atoms with Gasteiger partial charge in [-0.25, -0.2) is 0 Å². The lowest BCUT2D eigenvalue weighted by Gasteiger charge is -2.43. The minimum absolute atomic E-state index is 0.0452.